The van der Waals surface area contributed by atoms with E-state index in [-0.39, 0.29) is 31.9 Å². The second-order valence-electron chi connectivity index (χ2n) is 3.92. The fraction of sp³-hybridized carbons (Fsp3) is 0.308. The third-order valence-electron chi connectivity index (χ3n) is 2.47. The van der Waals surface area contributed by atoms with Crippen molar-refractivity contribution in [1.82, 2.24) is 9.88 Å². The summed E-state index contributed by atoms with van der Waals surface area (Å²) in [6.45, 7) is -0.428. The summed E-state index contributed by atoms with van der Waals surface area (Å²) in [6.07, 6.45) is 2.65. The smallest absolute Gasteiger partial charge is 0.266 e. The van der Waals surface area contributed by atoms with Gasteiger partial charge in [0.1, 0.15) is 17.5 Å². The number of hydrogen-bond acceptors (Lipinski definition) is 6. The van der Waals surface area contributed by atoms with Crippen molar-refractivity contribution in [2.24, 2.45) is 0 Å². The number of carbonyl (C=O) groups is 1. The van der Waals surface area contributed by atoms with Crippen LogP contribution in [0.25, 0.3) is 0 Å². The number of halogens is 1. The molecule has 1 rings (SSSR count). The van der Waals surface area contributed by atoms with Crippen molar-refractivity contribution in [3.8, 4) is 6.07 Å². The van der Waals surface area contributed by atoms with Gasteiger partial charge in [0, 0.05) is 25.5 Å². The number of rotatable bonds is 7. The molecule has 7 nitrogen and oxygen atoms in total. The van der Waals surface area contributed by atoms with Crippen molar-refractivity contribution in [2.75, 3.05) is 31.6 Å². The highest BCUT2D eigenvalue weighted by atomic mass is 35.5. The van der Waals surface area contributed by atoms with Crippen molar-refractivity contribution in [3.05, 3.63) is 35.1 Å². The molecule has 112 valence electrons. The summed E-state index contributed by atoms with van der Waals surface area (Å²) in [5, 5.41) is 30.0. The molecule has 0 spiro atoms. The first kappa shape index (κ1) is 16.9. The quantitative estimate of drug-likeness (QED) is 0.496. The number of anilines is 1. The van der Waals surface area contributed by atoms with E-state index in [9.17, 15) is 4.79 Å². The molecular weight excluding hydrogens is 296 g/mol. The highest BCUT2D eigenvalue weighted by Gasteiger charge is 2.17. The van der Waals surface area contributed by atoms with Gasteiger partial charge in [0.25, 0.3) is 5.91 Å². The number of nitrogens with zero attached hydrogens (tertiary/aromatic N) is 3. The molecule has 3 N–H and O–H groups in total. The van der Waals surface area contributed by atoms with Gasteiger partial charge in [-0.15, -0.1) is 0 Å². The molecule has 1 amide bonds. The predicted octanol–water partition coefficient (Wildman–Crippen LogP) is 0.368. The Kier molecular flexibility index (Phi) is 7.18. The number of nitriles is 1. The Hall–Kier alpha value is -2.14. The number of hydrogen-bond donors (Lipinski definition) is 3. The van der Waals surface area contributed by atoms with Crippen molar-refractivity contribution in [2.45, 2.75) is 0 Å². The minimum absolute atomic E-state index is 0.0393. The summed E-state index contributed by atoms with van der Waals surface area (Å²) < 4.78 is 0. The summed E-state index contributed by atoms with van der Waals surface area (Å²) in [7, 11) is 0. The van der Waals surface area contributed by atoms with Crippen LogP contribution in [0.5, 0.6) is 0 Å². The first-order valence-electron chi connectivity index (χ1n) is 6.11. The molecule has 0 atom stereocenters. The van der Waals surface area contributed by atoms with Gasteiger partial charge in [-0.2, -0.15) is 5.26 Å². The van der Waals surface area contributed by atoms with E-state index in [1.807, 2.05) is 0 Å². The largest absolute Gasteiger partial charge is 0.395 e. The first-order chi connectivity index (χ1) is 10.1. The number of pyridine rings is 1. The van der Waals surface area contributed by atoms with Crippen LogP contribution in [0.15, 0.2) is 30.1 Å². The normalized spacial score (nSPS) is 10.9. The average molecular weight is 311 g/mol. The van der Waals surface area contributed by atoms with E-state index in [1.165, 1.54) is 17.3 Å². The summed E-state index contributed by atoms with van der Waals surface area (Å²) in [6, 6.07) is 4.98. The van der Waals surface area contributed by atoms with E-state index in [4.69, 9.17) is 27.1 Å². The fourth-order valence-corrected chi connectivity index (χ4v) is 1.59. The van der Waals surface area contributed by atoms with Crippen molar-refractivity contribution in [3.63, 3.8) is 0 Å². The number of nitrogens with one attached hydrogen (secondary N) is 1. The molecule has 8 heteroatoms. The van der Waals surface area contributed by atoms with Crippen molar-refractivity contribution < 1.29 is 15.0 Å². The highest BCUT2D eigenvalue weighted by molar-refractivity contribution is 6.30. The van der Waals surface area contributed by atoms with Gasteiger partial charge >= 0.3 is 0 Å². The molecule has 0 radical (unpaired) electrons. The molecule has 1 aromatic rings. The molecule has 0 fully saturated rings. The molecule has 0 aromatic carbocycles. The summed E-state index contributed by atoms with van der Waals surface area (Å²) >= 11 is 5.70. The van der Waals surface area contributed by atoms with E-state index in [1.54, 1.807) is 18.2 Å². The van der Waals surface area contributed by atoms with Gasteiger partial charge in [-0.25, -0.2) is 4.98 Å². The minimum Gasteiger partial charge on any atom is -0.395 e. The second-order valence-corrected chi connectivity index (χ2v) is 4.35. The lowest BCUT2D eigenvalue weighted by Gasteiger charge is -2.19. The molecule has 0 aliphatic heterocycles. The summed E-state index contributed by atoms with van der Waals surface area (Å²) in [4.78, 5) is 17.2. The van der Waals surface area contributed by atoms with Gasteiger partial charge in [0.15, 0.2) is 0 Å². The topological polar surface area (TPSA) is 109 Å². The Labute approximate surface area is 127 Å². The van der Waals surface area contributed by atoms with Crippen molar-refractivity contribution in [1.29, 1.82) is 5.26 Å². The molecule has 0 aliphatic rings. The second kappa shape index (κ2) is 8.92. The van der Waals surface area contributed by atoms with Crippen LogP contribution in [-0.4, -0.2) is 52.3 Å². The third kappa shape index (κ3) is 5.39. The standard InChI is InChI=1S/C13H15ClN4O3/c14-11-1-2-12(17-9-11)16-8-10(7-15)13(21)18(3-5-19)4-6-20/h1-2,8-9,19-20H,3-6H2,(H,16,17)/b10-8-. The van der Waals surface area contributed by atoms with Gasteiger partial charge in [-0.3, -0.25) is 4.79 Å². The van der Waals surface area contributed by atoms with E-state index in [0.29, 0.717) is 10.8 Å². The summed E-state index contributed by atoms with van der Waals surface area (Å²) in [5.74, 6) is -0.155. The Balaban J connectivity index is 2.80. The molecule has 21 heavy (non-hydrogen) atoms. The van der Waals surface area contributed by atoms with Gasteiger partial charge < -0.3 is 20.4 Å². The molecule has 0 unspecified atom stereocenters. The molecule has 0 bridgehead atoms. The van der Waals surface area contributed by atoms with Gasteiger partial charge in [-0.1, -0.05) is 11.6 Å². The zero-order valence-electron chi connectivity index (χ0n) is 11.2. The van der Waals surface area contributed by atoms with Crippen LogP contribution in [0.3, 0.4) is 0 Å². The zero-order chi connectivity index (χ0) is 15.7. The molecule has 1 heterocycles. The van der Waals surface area contributed by atoms with E-state index >= 15 is 0 Å². The van der Waals surface area contributed by atoms with Gasteiger partial charge in [0.05, 0.1) is 18.2 Å². The lowest BCUT2D eigenvalue weighted by atomic mass is 10.2. The lowest BCUT2D eigenvalue weighted by Crippen LogP contribution is -2.36. The Morgan fingerprint density at radius 2 is 2.10 bits per heavy atom. The molecular formula is C13H15ClN4O3. The number of aromatic nitrogens is 1. The number of amides is 1. The van der Waals surface area contributed by atoms with Crippen molar-refractivity contribution >= 4 is 23.3 Å². The van der Waals surface area contributed by atoms with Crippen LogP contribution in [0.4, 0.5) is 5.82 Å². The van der Waals surface area contributed by atoms with Crippen LogP contribution in [0.1, 0.15) is 0 Å². The van der Waals surface area contributed by atoms with Gasteiger partial charge in [0.2, 0.25) is 0 Å². The van der Waals surface area contributed by atoms with E-state index < -0.39 is 5.91 Å². The van der Waals surface area contributed by atoms with E-state index in [0.717, 1.165) is 0 Å². The fourth-order valence-electron chi connectivity index (χ4n) is 1.48. The summed E-state index contributed by atoms with van der Waals surface area (Å²) in [5.41, 5.74) is -0.159. The monoisotopic (exact) mass is 310 g/mol. The molecule has 0 saturated heterocycles. The Morgan fingerprint density at radius 3 is 2.57 bits per heavy atom. The highest BCUT2D eigenvalue weighted by Crippen LogP contribution is 2.10. The molecule has 0 saturated carbocycles. The SMILES string of the molecule is N#C/C(=C/Nc1ccc(Cl)cn1)C(=O)N(CCO)CCO. The zero-order valence-corrected chi connectivity index (χ0v) is 11.9. The third-order valence-corrected chi connectivity index (χ3v) is 2.69. The van der Waals surface area contributed by atoms with Crippen LogP contribution >= 0.6 is 11.6 Å². The lowest BCUT2D eigenvalue weighted by molar-refractivity contribution is -0.127. The van der Waals surface area contributed by atoms with Crippen LogP contribution in [0.2, 0.25) is 5.02 Å². The molecule has 0 aliphatic carbocycles. The first-order valence-corrected chi connectivity index (χ1v) is 6.49. The number of aliphatic hydroxyl groups excluding tert-OH is 2. The van der Waals surface area contributed by atoms with Crippen LogP contribution in [-0.2, 0) is 4.79 Å². The Morgan fingerprint density at radius 1 is 1.43 bits per heavy atom. The van der Waals surface area contributed by atoms with Crippen LogP contribution in [0, 0.1) is 11.3 Å². The maximum absolute atomic E-state index is 12.1. The maximum Gasteiger partial charge on any atom is 0.266 e. The Bertz CT molecular complexity index is 533. The minimum atomic E-state index is -0.581. The predicted molar refractivity (Wildman–Crippen MR) is 77.3 cm³/mol. The number of aliphatic hydroxyl groups is 2. The number of carbonyl (C=O) groups excluding carboxylic acids is 1. The molecule has 1 aromatic heterocycles. The average Bonchev–Trinajstić information content (AvgIpc) is 2.49. The maximum atomic E-state index is 12.1. The van der Waals surface area contributed by atoms with Gasteiger partial charge in [-0.05, 0) is 12.1 Å². The van der Waals surface area contributed by atoms with Crippen LogP contribution < -0.4 is 5.32 Å². The van der Waals surface area contributed by atoms with E-state index in [2.05, 4.69) is 10.3 Å².